The topological polar surface area (TPSA) is 63.6 Å². The van der Waals surface area contributed by atoms with Gasteiger partial charge in [0.1, 0.15) is 0 Å². The van der Waals surface area contributed by atoms with Crippen molar-refractivity contribution < 1.29 is 19.1 Å². The second kappa shape index (κ2) is 7.44. The maximum absolute atomic E-state index is 12.7. The molecule has 0 atom stereocenters. The molecule has 5 heteroatoms. The van der Waals surface area contributed by atoms with Crippen molar-refractivity contribution in [3.8, 4) is 0 Å². The number of rotatable bonds is 6. The van der Waals surface area contributed by atoms with Crippen LogP contribution < -0.4 is 0 Å². The van der Waals surface area contributed by atoms with Crippen LogP contribution in [0.2, 0.25) is 16.6 Å². The Bertz CT molecular complexity index is 420. The van der Waals surface area contributed by atoms with Crippen LogP contribution in [0.1, 0.15) is 62.3 Å². The van der Waals surface area contributed by atoms with Crippen LogP contribution in [-0.4, -0.2) is 25.4 Å². The highest BCUT2D eigenvalue weighted by molar-refractivity contribution is 6.79. The highest BCUT2D eigenvalue weighted by Crippen LogP contribution is 2.43. The van der Waals surface area contributed by atoms with E-state index in [1.54, 1.807) is 0 Å². The van der Waals surface area contributed by atoms with Crippen LogP contribution in [0.25, 0.3) is 0 Å². The van der Waals surface area contributed by atoms with E-state index < -0.39 is 25.7 Å². The summed E-state index contributed by atoms with van der Waals surface area (Å²) in [6.45, 7) is 18.0. The van der Waals surface area contributed by atoms with E-state index in [9.17, 15) is 9.59 Å². The lowest BCUT2D eigenvalue weighted by atomic mass is 9.86. The van der Waals surface area contributed by atoms with Crippen molar-refractivity contribution in [1.82, 2.24) is 0 Å². The molecule has 0 amide bonds. The Hall–Kier alpha value is -1.10. The average Bonchev–Trinajstić information content (AvgIpc) is 2.29. The minimum atomic E-state index is -2.37. The predicted octanol–water partition coefficient (Wildman–Crippen LogP) is 4.76. The number of carbonyl (C=O) groups excluding carboxylic acids is 1. The van der Waals surface area contributed by atoms with Gasteiger partial charge in [0.15, 0.2) is 0 Å². The van der Waals surface area contributed by atoms with E-state index >= 15 is 0 Å². The molecule has 0 unspecified atom stereocenters. The molecular weight excluding hydrogens is 296 g/mol. The van der Waals surface area contributed by atoms with Gasteiger partial charge in [-0.25, -0.2) is 9.59 Å². The molecule has 0 spiro atoms. The molecule has 1 N–H and O–H groups in total. The van der Waals surface area contributed by atoms with Crippen LogP contribution >= 0.6 is 0 Å². The lowest BCUT2D eigenvalue weighted by Gasteiger charge is -2.42. The minimum Gasteiger partial charge on any atom is -0.515 e. The highest BCUT2D eigenvalue weighted by Gasteiger charge is 2.49. The van der Waals surface area contributed by atoms with Crippen LogP contribution in [-0.2, 0) is 14.0 Å². The third-order valence-corrected chi connectivity index (χ3v) is 10.2. The van der Waals surface area contributed by atoms with Crippen LogP contribution in [0.3, 0.4) is 0 Å². The Morgan fingerprint density at radius 1 is 0.955 bits per heavy atom. The molecule has 0 fully saturated rings. The van der Waals surface area contributed by atoms with Gasteiger partial charge in [-0.1, -0.05) is 62.3 Å². The van der Waals surface area contributed by atoms with E-state index in [0.717, 1.165) is 6.08 Å². The molecule has 4 nitrogen and oxygen atoms in total. The zero-order valence-corrected chi connectivity index (χ0v) is 16.5. The summed E-state index contributed by atoms with van der Waals surface area (Å²) in [7, 11) is -2.37. The monoisotopic (exact) mass is 328 g/mol. The smallest absolute Gasteiger partial charge is 0.328 e. The first kappa shape index (κ1) is 20.9. The van der Waals surface area contributed by atoms with Crippen LogP contribution in [0.4, 0.5) is 0 Å². The highest BCUT2D eigenvalue weighted by atomic mass is 28.4. The summed E-state index contributed by atoms with van der Waals surface area (Å²) in [5, 5.41) is 9.05. The van der Waals surface area contributed by atoms with E-state index in [1.807, 2.05) is 20.8 Å². The first-order chi connectivity index (χ1) is 9.76. The van der Waals surface area contributed by atoms with E-state index in [1.165, 1.54) is 0 Å². The normalized spacial score (nSPS) is 13.9. The van der Waals surface area contributed by atoms with Gasteiger partial charge in [-0.3, -0.25) is 0 Å². The molecule has 0 aromatic rings. The largest absolute Gasteiger partial charge is 0.515 e. The number of carboxylic acid groups (broad SMARTS) is 1. The molecule has 0 radical (unpaired) electrons. The second-order valence-corrected chi connectivity index (χ2v) is 13.2. The van der Waals surface area contributed by atoms with Gasteiger partial charge in [-0.15, -0.1) is 0 Å². The molecule has 22 heavy (non-hydrogen) atoms. The quantitative estimate of drug-likeness (QED) is 0.564. The van der Waals surface area contributed by atoms with Gasteiger partial charge >= 0.3 is 11.9 Å². The fourth-order valence-electron chi connectivity index (χ4n) is 3.27. The van der Waals surface area contributed by atoms with Crippen molar-refractivity contribution in [1.29, 1.82) is 0 Å². The SMILES string of the molecule is CC(C)[Si](OC(=O)/C(=C\C(=O)O)C(C)(C)C)(C(C)C)C(C)C. The summed E-state index contributed by atoms with van der Waals surface area (Å²) in [5.74, 6) is -1.59. The van der Waals surface area contributed by atoms with Gasteiger partial charge in [0.2, 0.25) is 0 Å². The van der Waals surface area contributed by atoms with E-state index in [4.69, 9.17) is 9.53 Å². The zero-order valence-electron chi connectivity index (χ0n) is 15.5. The van der Waals surface area contributed by atoms with Gasteiger partial charge in [-0.05, 0) is 22.0 Å². The minimum absolute atomic E-state index is 0.221. The van der Waals surface area contributed by atoms with Gasteiger partial charge in [0.25, 0.3) is 8.32 Å². The molecule has 0 aliphatic carbocycles. The summed E-state index contributed by atoms with van der Waals surface area (Å²) >= 11 is 0. The van der Waals surface area contributed by atoms with Crippen molar-refractivity contribution >= 4 is 20.3 Å². The van der Waals surface area contributed by atoms with Gasteiger partial charge in [-0.2, -0.15) is 0 Å². The first-order valence-corrected chi connectivity index (χ1v) is 10.1. The number of carboxylic acids is 1. The van der Waals surface area contributed by atoms with Crippen LogP contribution in [0.5, 0.6) is 0 Å². The lowest BCUT2D eigenvalue weighted by molar-refractivity contribution is -0.135. The van der Waals surface area contributed by atoms with E-state index in [-0.39, 0.29) is 22.2 Å². The average molecular weight is 329 g/mol. The third-order valence-electron chi connectivity index (χ3n) is 4.27. The standard InChI is InChI=1S/C17H32O4Si/c1-11(2)22(12(3)4,13(5)6)21-16(20)14(10-15(18)19)17(7,8)9/h10-13H,1-9H3,(H,18,19)/b14-10+. The van der Waals surface area contributed by atoms with Gasteiger partial charge in [0, 0.05) is 11.6 Å². The fraction of sp³-hybridized carbons (Fsp3) is 0.765. The van der Waals surface area contributed by atoms with Crippen molar-refractivity contribution in [2.24, 2.45) is 5.41 Å². The van der Waals surface area contributed by atoms with Crippen LogP contribution in [0, 0.1) is 5.41 Å². The summed E-state index contributed by atoms with van der Waals surface area (Å²) in [6.07, 6.45) is 0.989. The molecule has 0 bridgehead atoms. The second-order valence-electron chi connectivity index (χ2n) is 7.85. The molecule has 0 saturated heterocycles. The first-order valence-electron chi connectivity index (χ1n) is 7.95. The third kappa shape index (κ3) is 4.70. The molecule has 0 rings (SSSR count). The molecule has 0 heterocycles. The summed E-state index contributed by atoms with van der Waals surface area (Å²) in [4.78, 5) is 23.8. The Morgan fingerprint density at radius 3 is 1.55 bits per heavy atom. The lowest BCUT2D eigenvalue weighted by Crippen LogP contribution is -2.50. The van der Waals surface area contributed by atoms with Crippen molar-refractivity contribution in [3.05, 3.63) is 11.6 Å². The number of hydrogen-bond donors (Lipinski definition) is 1. The molecule has 0 aliphatic heterocycles. The number of carbonyl (C=O) groups is 2. The number of hydrogen-bond acceptors (Lipinski definition) is 3. The molecule has 128 valence electrons. The Morgan fingerprint density at radius 2 is 1.32 bits per heavy atom. The van der Waals surface area contributed by atoms with Crippen molar-refractivity contribution in [3.63, 3.8) is 0 Å². The van der Waals surface area contributed by atoms with Crippen molar-refractivity contribution in [2.75, 3.05) is 0 Å². The molecule has 0 aliphatic rings. The van der Waals surface area contributed by atoms with Crippen molar-refractivity contribution in [2.45, 2.75) is 78.9 Å². The predicted molar refractivity (Wildman–Crippen MR) is 92.3 cm³/mol. The molecule has 0 saturated carbocycles. The maximum Gasteiger partial charge on any atom is 0.328 e. The fourth-order valence-corrected chi connectivity index (χ4v) is 8.41. The Kier molecular flexibility index (Phi) is 7.07. The van der Waals surface area contributed by atoms with Gasteiger partial charge in [0.05, 0.1) is 0 Å². The van der Waals surface area contributed by atoms with Crippen LogP contribution in [0.15, 0.2) is 11.6 Å². The Labute approximate surface area is 136 Å². The summed E-state index contributed by atoms with van der Waals surface area (Å²) in [6, 6.07) is 0. The van der Waals surface area contributed by atoms with E-state index in [0.29, 0.717) is 0 Å². The summed E-state index contributed by atoms with van der Waals surface area (Å²) < 4.78 is 6.08. The molecule has 0 aromatic heterocycles. The Balaban J connectivity index is 5.83. The zero-order chi connectivity index (χ0) is 17.9. The molecular formula is C17H32O4Si. The molecule has 0 aromatic carbocycles. The van der Waals surface area contributed by atoms with Gasteiger partial charge < -0.3 is 9.53 Å². The number of aliphatic carboxylic acids is 1. The maximum atomic E-state index is 12.7. The summed E-state index contributed by atoms with van der Waals surface area (Å²) in [5.41, 5.74) is 0.451. The van der Waals surface area contributed by atoms with E-state index in [2.05, 4.69) is 41.5 Å².